The molecule has 158 valence electrons. The Balaban J connectivity index is 0.00000729. The number of carbonyl (C=O) groups excluding carboxylic acids is 2. The Labute approximate surface area is 184 Å². The first-order valence-corrected chi connectivity index (χ1v) is 9.14. The fourth-order valence-corrected chi connectivity index (χ4v) is 2.01. The fraction of sp³-hybridized carbons (Fsp3) is 0.526. The van der Waals surface area contributed by atoms with E-state index in [4.69, 9.17) is 4.74 Å². The van der Waals surface area contributed by atoms with Gasteiger partial charge in [-0.15, -0.1) is 24.0 Å². The number of nitrogens with one attached hydrogen (secondary N) is 4. The molecule has 0 radical (unpaired) electrons. The largest absolute Gasteiger partial charge is 0.444 e. The highest BCUT2D eigenvalue weighted by molar-refractivity contribution is 14.0. The standard InChI is InChI=1S/C19H31N5O3.HI/c1-5-20-17(21-12-9-13-22-18(26)27-19(2,3)4)23-14-16(25)24-15-10-7-6-8-11-15;/h6-8,10-11H,5,9,12-14H2,1-4H3,(H,22,26)(H,24,25)(H2,20,21,23);1H. The van der Waals surface area contributed by atoms with Gasteiger partial charge in [-0.25, -0.2) is 9.79 Å². The van der Waals surface area contributed by atoms with E-state index in [1.165, 1.54) is 0 Å². The molecule has 0 bridgehead atoms. The van der Waals surface area contributed by atoms with Crippen LogP contribution >= 0.6 is 24.0 Å². The van der Waals surface area contributed by atoms with E-state index in [0.717, 1.165) is 5.69 Å². The monoisotopic (exact) mass is 505 g/mol. The fourth-order valence-electron chi connectivity index (χ4n) is 2.01. The summed E-state index contributed by atoms with van der Waals surface area (Å²) in [5.41, 5.74) is 0.233. The van der Waals surface area contributed by atoms with E-state index in [1.54, 1.807) is 0 Å². The van der Waals surface area contributed by atoms with Crippen molar-refractivity contribution in [2.45, 2.75) is 39.7 Å². The number of rotatable bonds is 8. The van der Waals surface area contributed by atoms with E-state index >= 15 is 0 Å². The third-order valence-electron chi connectivity index (χ3n) is 3.10. The number of nitrogens with zero attached hydrogens (tertiary/aromatic N) is 1. The van der Waals surface area contributed by atoms with E-state index in [9.17, 15) is 9.59 Å². The number of aliphatic imine (C=N–C) groups is 1. The lowest BCUT2D eigenvalue weighted by Gasteiger charge is -2.19. The molecule has 1 aromatic rings. The van der Waals surface area contributed by atoms with Crippen LogP contribution in [0, 0.1) is 0 Å². The van der Waals surface area contributed by atoms with Gasteiger partial charge < -0.3 is 26.0 Å². The number of hydrogen-bond acceptors (Lipinski definition) is 4. The number of anilines is 1. The van der Waals surface area contributed by atoms with Gasteiger partial charge in [-0.2, -0.15) is 0 Å². The third-order valence-corrected chi connectivity index (χ3v) is 3.10. The van der Waals surface area contributed by atoms with E-state index in [2.05, 4.69) is 26.3 Å². The molecule has 0 saturated heterocycles. The van der Waals surface area contributed by atoms with E-state index in [-0.39, 0.29) is 36.4 Å². The molecule has 4 N–H and O–H groups in total. The maximum atomic E-state index is 12.0. The smallest absolute Gasteiger partial charge is 0.407 e. The highest BCUT2D eigenvalue weighted by Gasteiger charge is 2.15. The first-order valence-electron chi connectivity index (χ1n) is 9.14. The van der Waals surface area contributed by atoms with Crippen molar-refractivity contribution in [1.82, 2.24) is 16.0 Å². The zero-order valence-electron chi connectivity index (χ0n) is 17.0. The molecule has 0 aliphatic rings. The quantitative estimate of drug-likeness (QED) is 0.188. The predicted molar refractivity (Wildman–Crippen MR) is 123 cm³/mol. The number of alkyl carbamates (subject to hydrolysis) is 1. The van der Waals surface area contributed by atoms with Gasteiger partial charge in [-0.05, 0) is 46.2 Å². The summed E-state index contributed by atoms with van der Waals surface area (Å²) in [6.45, 7) is 9.19. The molecule has 8 nitrogen and oxygen atoms in total. The summed E-state index contributed by atoms with van der Waals surface area (Å²) in [6, 6.07) is 9.25. The minimum absolute atomic E-state index is 0. The van der Waals surface area contributed by atoms with Crippen molar-refractivity contribution < 1.29 is 14.3 Å². The first kappa shape index (κ1) is 26.0. The molecular formula is C19H32IN5O3. The molecule has 0 heterocycles. The highest BCUT2D eigenvalue weighted by atomic mass is 127. The second kappa shape index (κ2) is 14.0. The summed E-state index contributed by atoms with van der Waals surface area (Å²) < 4.78 is 5.17. The number of para-hydroxylation sites is 1. The average Bonchev–Trinajstić information content (AvgIpc) is 2.58. The predicted octanol–water partition coefficient (Wildman–Crippen LogP) is 2.71. The molecule has 1 aromatic carbocycles. The summed E-state index contributed by atoms with van der Waals surface area (Å²) in [4.78, 5) is 27.8. The van der Waals surface area contributed by atoms with Crippen LogP contribution in [0.1, 0.15) is 34.1 Å². The Hall–Kier alpha value is -2.04. The maximum Gasteiger partial charge on any atom is 0.407 e. The number of halogens is 1. The molecule has 28 heavy (non-hydrogen) atoms. The Morgan fingerprint density at radius 1 is 1.04 bits per heavy atom. The van der Waals surface area contributed by atoms with Gasteiger partial charge in [0, 0.05) is 25.3 Å². The third kappa shape index (κ3) is 13.2. The normalized spacial score (nSPS) is 11.1. The number of carbonyl (C=O) groups is 2. The van der Waals surface area contributed by atoms with Crippen LogP contribution < -0.4 is 21.3 Å². The molecule has 0 aromatic heterocycles. The van der Waals surface area contributed by atoms with Crippen LogP contribution in [0.5, 0.6) is 0 Å². The molecule has 9 heteroatoms. The van der Waals surface area contributed by atoms with Gasteiger partial charge >= 0.3 is 6.09 Å². The number of hydrogen-bond donors (Lipinski definition) is 4. The van der Waals surface area contributed by atoms with Crippen LogP contribution in [-0.4, -0.2) is 49.7 Å². The van der Waals surface area contributed by atoms with Crippen LogP contribution in [-0.2, 0) is 9.53 Å². The van der Waals surface area contributed by atoms with E-state index < -0.39 is 11.7 Å². The minimum atomic E-state index is -0.506. The molecule has 0 saturated carbocycles. The van der Waals surface area contributed by atoms with Gasteiger partial charge in [-0.1, -0.05) is 18.2 Å². The molecule has 0 aliphatic carbocycles. The minimum Gasteiger partial charge on any atom is -0.444 e. The number of ether oxygens (including phenoxy) is 1. The summed E-state index contributed by atoms with van der Waals surface area (Å²) in [6.07, 6.45) is 0.264. The van der Waals surface area contributed by atoms with Crippen molar-refractivity contribution in [3.8, 4) is 0 Å². The Morgan fingerprint density at radius 2 is 1.68 bits per heavy atom. The zero-order chi connectivity index (χ0) is 20.1. The van der Waals surface area contributed by atoms with E-state index in [1.807, 2.05) is 58.0 Å². The van der Waals surface area contributed by atoms with Crippen molar-refractivity contribution in [2.24, 2.45) is 4.99 Å². The van der Waals surface area contributed by atoms with Gasteiger partial charge in [0.1, 0.15) is 12.1 Å². The molecule has 2 amide bonds. The molecule has 1 rings (SSSR count). The van der Waals surface area contributed by atoms with Crippen LogP contribution in [0.3, 0.4) is 0 Å². The molecule has 0 atom stereocenters. The summed E-state index contributed by atoms with van der Waals surface area (Å²) >= 11 is 0. The van der Waals surface area contributed by atoms with Crippen LogP contribution in [0.4, 0.5) is 10.5 Å². The number of benzene rings is 1. The Bertz CT molecular complexity index is 618. The van der Waals surface area contributed by atoms with Crippen molar-refractivity contribution in [2.75, 3.05) is 31.5 Å². The van der Waals surface area contributed by atoms with Crippen molar-refractivity contribution in [3.63, 3.8) is 0 Å². The van der Waals surface area contributed by atoms with Crippen LogP contribution in [0.2, 0.25) is 0 Å². The molecular weight excluding hydrogens is 473 g/mol. The van der Waals surface area contributed by atoms with Crippen LogP contribution in [0.25, 0.3) is 0 Å². The zero-order valence-corrected chi connectivity index (χ0v) is 19.3. The SMILES string of the molecule is CCNC(=NCC(=O)Nc1ccccc1)NCCCNC(=O)OC(C)(C)C.I. The first-order chi connectivity index (χ1) is 12.8. The summed E-state index contributed by atoms with van der Waals surface area (Å²) in [5, 5.41) is 11.7. The topological polar surface area (TPSA) is 104 Å². The lowest BCUT2D eigenvalue weighted by molar-refractivity contribution is -0.114. The second-order valence-corrected chi connectivity index (χ2v) is 6.82. The molecule has 0 unspecified atom stereocenters. The Morgan fingerprint density at radius 3 is 2.29 bits per heavy atom. The van der Waals surface area contributed by atoms with Gasteiger partial charge in [0.25, 0.3) is 0 Å². The van der Waals surface area contributed by atoms with Crippen molar-refractivity contribution in [1.29, 1.82) is 0 Å². The van der Waals surface area contributed by atoms with Crippen molar-refractivity contribution in [3.05, 3.63) is 30.3 Å². The molecule has 0 spiro atoms. The Kier molecular flexibility index (Phi) is 13.0. The number of amides is 2. The summed E-state index contributed by atoms with van der Waals surface area (Å²) in [7, 11) is 0. The lowest BCUT2D eigenvalue weighted by Crippen LogP contribution is -2.39. The summed E-state index contributed by atoms with van der Waals surface area (Å²) in [5.74, 6) is 0.364. The highest BCUT2D eigenvalue weighted by Crippen LogP contribution is 2.06. The second-order valence-electron chi connectivity index (χ2n) is 6.82. The van der Waals surface area contributed by atoms with Gasteiger partial charge in [0.15, 0.2) is 5.96 Å². The number of guanidine groups is 1. The lowest BCUT2D eigenvalue weighted by atomic mass is 10.2. The maximum absolute atomic E-state index is 12.0. The van der Waals surface area contributed by atoms with Crippen molar-refractivity contribution >= 4 is 47.6 Å². The molecule has 0 fully saturated rings. The van der Waals surface area contributed by atoms with Gasteiger partial charge in [-0.3, -0.25) is 4.79 Å². The molecule has 0 aliphatic heterocycles. The van der Waals surface area contributed by atoms with E-state index in [0.29, 0.717) is 32.0 Å². The van der Waals surface area contributed by atoms with Gasteiger partial charge in [0.05, 0.1) is 0 Å². The van der Waals surface area contributed by atoms with Crippen LogP contribution in [0.15, 0.2) is 35.3 Å². The average molecular weight is 505 g/mol. The van der Waals surface area contributed by atoms with Gasteiger partial charge in [0.2, 0.25) is 5.91 Å².